The number of nitriles is 1. The van der Waals surface area contributed by atoms with Crippen molar-refractivity contribution >= 4 is 0 Å². The Morgan fingerprint density at radius 3 is 2.77 bits per heavy atom. The van der Waals surface area contributed by atoms with Crippen LogP contribution < -0.4 is 5.32 Å². The van der Waals surface area contributed by atoms with E-state index >= 15 is 0 Å². The van der Waals surface area contributed by atoms with Crippen LogP contribution >= 0.6 is 0 Å². The Kier molecular flexibility index (Phi) is 3.33. The van der Waals surface area contributed by atoms with E-state index in [-0.39, 0.29) is 5.54 Å². The molecule has 2 unspecified atom stereocenters. The molecule has 2 atom stereocenters. The van der Waals surface area contributed by atoms with Crippen molar-refractivity contribution in [3.05, 3.63) is 0 Å². The van der Waals surface area contributed by atoms with Gasteiger partial charge < -0.3 is 0 Å². The zero-order chi connectivity index (χ0) is 9.90. The predicted molar refractivity (Wildman–Crippen MR) is 54.2 cm³/mol. The van der Waals surface area contributed by atoms with Crippen molar-refractivity contribution in [2.45, 2.75) is 58.0 Å². The second-order valence-corrected chi connectivity index (χ2v) is 4.38. The Morgan fingerprint density at radius 1 is 1.62 bits per heavy atom. The van der Waals surface area contributed by atoms with Crippen molar-refractivity contribution in [1.82, 2.24) is 5.32 Å². The SMILES string of the molecule is CCC1CCCC1(C#N)NC(C)C. The van der Waals surface area contributed by atoms with Gasteiger partial charge in [-0.25, -0.2) is 0 Å². The summed E-state index contributed by atoms with van der Waals surface area (Å²) in [5.41, 5.74) is -0.219. The van der Waals surface area contributed by atoms with E-state index in [2.05, 4.69) is 32.2 Å². The summed E-state index contributed by atoms with van der Waals surface area (Å²) in [6, 6.07) is 2.91. The third-order valence-corrected chi connectivity index (χ3v) is 3.06. The first-order chi connectivity index (χ1) is 6.14. The molecule has 0 heterocycles. The van der Waals surface area contributed by atoms with Crippen LogP contribution in [0.25, 0.3) is 0 Å². The first-order valence-electron chi connectivity index (χ1n) is 5.33. The average Bonchev–Trinajstić information content (AvgIpc) is 2.47. The maximum atomic E-state index is 9.25. The van der Waals surface area contributed by atoms with Crippen molar-refractivity contribution < 1.29 is 0 Å². The van der Waals surface area contributed by atoms with E-state index in [0.717, 1.165) is 12.8 Å². The van der Waals surface area contributed by atoms with Crippen molar-refractivity contribution in [3.63, 3.8) is 0 Å². The number of hydrogen-bond acceptors (Lipinski definition) is 2. The third-order valence-electron chi connectivity index (χ3n) is 3.06. The molecular weight excluding hydrogens is 160 g/mol. The lowest BCUT2D eigenvalue weighted by Gasteiger charge is -2.31. The molecule has 1 N–H and O–H groups in total. The molecule has 13 heavy (non-hydrogen) atoms. The highest BCUT2D eigenvalue weighted by molar-refractivity contribution is 5.14. The molecule has 0 radical (unpaired) electrons. The summed E-state index contributed by atoms with van der Waals surface area (Å²) in [5, 5.41) is 12.7. The Labute approximate surface area is 81.3 Å². The van der Waals surface area contributed by atoms with E-state index in [4.69, 9.17) is 0 Å². The summed E-state index contributed by atoms with van der Waals surface area (Å²) in [6.07, 6.45) is 4.56. The Balaban J connectivity index is 2.73. The minimum atomic E-state index is -0.219. The first kappa shape index (κ1) is 10.5. The van der Waals surface area contributed by atoms with E-state index < -0.39 is 0 Å². The van der Waals surface area contributed by atoms with Crippen LogP contribution in [0.3, 0.4) is 0 Å². The molecule has 1 aliphatic carbocycles. The Bertz CT molecular complexity index is 205. The van der Waals surface area contributed by atoms with Gasteiger partial charge in [-0.05, 0) is 32.6 Å². The van der Waals surface area contributed by atoms with Gasteiger partial charge in [0, 0.05) is 6.04 Å². The van der Waals surface area contributed by atoms with E-state index in [9.17, 15) is 5.26 Å². The van der Waals surface area contributed by atoms with Crippen LogP contribution in [0.5, 0.6) is 0 Å². The van der Waals surface area contributed by atoms with Gasteiger partial charge in [0.1, 0.15) is 5.54 Å². The van der Waals surface area contributed by atoms with E-state index in [1.54, 1.807) is 0 Å². The van der Waals surface area contributed by atoms with E-state index in [1.807, 2.05) is 0 Å². The van der Waals surface area contributed by atoms with Crippen LogP contribution in [-0.4, -0.2) is 11.6 Å². The maximum absolute atomic E-state index is 9.25. The molecule has 0 aromatic carbocycles. The fourth-order valence-corrected chi connectivity index (χ4v) is 2.52. The molecule has 1 fully saturated rings. The second kappa shape index (κ2) is 4.11. The van der Waals surface area contributed by atoms with E-state index in [1.165, 1.54) is 12.8 Å². The largest absolute Gasteiger partial charge is 0.297 e. The molecule has 0 spiro atoms. The summed E-state index contributed by atoms with van der Waals surface area (Å²) >= 11 is 0. The lowest BCUT2D eigenvalue weighted by atomic mass is 9.86. The van der Waals surface area contributed by atoms with Crippen LogP contribution in [0.2, 0.25) is 0 Å². The van der Waals surface area contributed by atoms with Gasteiger partial charge in [-0.15, -0.1) is 0 Å². The average molecular weight is 180 g/mol. The molecule has 2 nitrogen and oxygen atoms in total. The standard InChI is InChI=1S/C11H20N2/c1-4-10-6-5-7-11(10,8-12)13-9(2)3/h9-10,13H,4-7H2,1-3H3. The van der Waals surface area contributed by atoms with Crippen molar-refractivity contribution in [3.8, 4) is 6.07 Å². The third kappa shape index (κ3) is 2.03. The van der Waals surface area contributed by atoms with Gasteiger partial charge in [-0.2, -0.15) is 5.26 Å². The fourth-order valence-electron chi connectivity index (χ4n) is 2.52. The molecule has 0 bridgehead atoms. The highest BCUT2D eigenvalue weighted by atomic mass is 15.0. The van der Waals surface area contributed by atoms with Gasteiger partial charge >= 0.3 is 0 Å². The molecule has 1 rings (SSSR count). The van der Waals surface area contributed by atoms with Gasteiger partial charge in [0.15, 0.2) is 0 Å². The first-order valence-corrected chi connectivity index (χ1v) is 5.33. The fraction of sp³-hybridized carbons (Fsp3) is 0.909. The van der Waals surface area contributed by atoms with Crippen LogP contribution in [0.15, 0.2) is 0 Å². The lowest BCUT2D eigenvalue weighted by Crippen LogP contribution is -2.50. The molecule has 0 amide bonds. The van der Waals surface area contributed by atoms with Crippen molar-refractivity contribution in [2.24, 2.45) is 5.92 Å². The molecule has 1 aliphatic rings. The van der Waals surface area contributed by atoms with Crippen molar-refractivity contribution in [1.29, 1.82) is 5.26 Å². The monoisotopic (exact) mass is 180 g/mol. The zero-order valence-corrected chi connectivity index (χ0v) is 8.93. The summed E-state index contributed by atoms with van der Waals surface area (Å²) in [4.78, 5) is 0. The van der Waals surface area contributed by atoms with Gasteiger partial charge in [-0.1, -0.05) is 19.8 Å². The molecule has 0 aromatic heterocycles. The molecule has 2 heteroatoms. The highest BCUT2D eigenvalue weighted by Gasteiger charge is 2.42. The van der Waals surface area contributed by atoms with Gasteiger partial charge in [0.25, 0.3) is 0 Å². The summed E-state index contributed by atoms with van der Waals surface area (Å²) in [7, 11) is 0. The molecule has 0 saturated heterocycles. The summed E-state index contributed by atoms with van der Waals surface area (Å²) < 4.78 is 0. The van der Waals surface area contributed by atoms with E-state index in [0.29, 0.717) is 12.0 Å². The van der Waals surface area contributed by atoms with Crippen molar-refractivity contribution in [2.75, 3.05) is 0 Å². The number of rotatable bonds is 3. The summed E-state index contributed by atoms with van der Waals surface area (Å²) in [5.74, 6) is 0.555. The van der Waals surface area contributed by atoms with Gasteiger partial charge in [-0.3, -0.25) is 5.32 Å². The Morgan fingerprint density at radius 2 is 2.31 bits per heavy atom. The van der Waals surface area contributed by atoms with Crippen LogP contribution in [0.1, 0.15) is 46.5 Å². The zero-order valence-electron chi connectivity index (χ0n) is 8.93. The lowest BCUT2D eigenvalue weighted by molar-refractivity contribution is 0.288. The summed E-state index contributed by atoms with van der Waals surface area (Å²) in [6.45, 7) is 6.42. The molecule has 1 saturated carbocycles. The quantitative estimate of drug-likeness (QED) is 0.724. The van der Waals surface area contributed by atoms with Crippen LogP contribution in [0.4, 0.5) is 0 Å². The molecule has 74 valence electrons. The predicted octanol–water partition coefficient (Wildman–Crippen LogP) is 2.46. The smallest absolute Gasteiger partial charge is 0.109 e. The molecule has 0 aromatic rings. The Hall–Kier alpha value is -0.550. The van der Waals surface area contributed by atoms with Gasteiger partial charge in [0.05, 0.1) is 6.07 Å². The molecular formula is C11H20N2. The van der Waals surface area contributed by atoms with Crippen LogP contribution in [-0.2, 0) is 0 Å². The second-order valence-electron chi connectivity index (χ2n) is 4.38. The van der Waals surface area contributed by atoms with Crippen LogP contribution in [0, 0.1) is 17.2 Å². The number of nitrogens with one attached hydrogen (secondary N) is 1. The minimum Gasteiger partial charge on any atom is -0.297 e. The number of nitrogens with zero attached hydrogens (tertiary/aromatic N) is 1. The minimum absolute atomic E-state index is 0.219. The topological polar surface area (TPSA) is 35.8 Å². The van der Waals surface area contributed by atoms with Gasteiger partial charge in [0.2, 0.25) is 0 Å². The molecule has 0 aliphatic heterocycles. The number of hydrogen-bond donors (Lipinski definition) is 1. The highest BCUT2D eigenvalue weighted by Crippen LogP contribution is 2.37. The normalized spacial score (nSPS) is 33.6. The maximum Gasteiger partial charge on any atom is 0.109 e.